The normalized spacial score (nSPS) is 16.5. The topological polar surface area (TPSA) is 87.3 Å². The molecule has 7 nitrogen and oxygen atoms in total. The van der Waals surface area contributed by atoms with Crippen LogP contribution in [0.4, 0.5) is 9.18 Å². The highest BCUT2D eigenvalue weighted by atomic mass is 19.1. The number of carbonyl (C=O) groups excluding carboxylic acids is 2. The highest BCUT2D eigenvalue weighted by Crippen LogP contribution is 2.20. The molecule has 1 aromatic rings. The molecule has 1 saturated heterocycles. The van der Waals surface area contributed by atoms with Gasteiger partial charge >= 0.3 is 6.09 Å². The Kier molecular flexibility index (Phi) is 8.07. The average Bonchev–Trinajstić information content (AvgIpc) is 3.14. The number of aromatic amines is 1. The van der Waals surface area contributed by atoms with E-state index < -0.39 is 12.0 Å². The number of likely N-dealkylation sites (tertiary alicyclic amines) is 1. The third-order valence-corrected chi connectivity index (χ3v) is 3.29. The first-order valence-electron chi connectivity index (χ1n) is 7.82. The summed E-state index contributed by atoms with van der Waals surface area (Å²) in [5.74, 6) is -0.138. The van der Waals surface area contributed by atoms with Crippen molar-refractivity contribution in [2.45, 2.75) is 45.6 Å². The molecule has 2 amide bonds. The number of rotatable bonds is 4. The lowest BCUT2D eigenvalue weighted by molar-refractivity contribution is -0.130. The second kappa shape index (κ2) is 9.81. The summed E-state index contributed by atoms with van der Waals surface area (Å²) in [5, 5.41) is 2.36. The van der Waals surface area contributed by atoms with Crippen LogP contribution in [-0.2, 0) is 16.0 Å². The van der Waals surface area contributed by atoms with Gasteiger partial charge in [0.05, 0.1) is 13.3 Å². The number of imidazole rings is 1. The Morgan fingerprint density at radius 3 is 2.78 bits per heavy atom. The van der Waals surface area contributed by atoms with E-state index in [0.29, 0.717) is 18.8 Å². The molecular formula is C15H25FN4O3. The molecule has 0 spiro atoms. The number of halogens is 1. The van der Waals surface area contributed by atoms with E-state index in [1.165, 1.54) is 13.5 Å². The van der Waals surface area contributed by atoms with Crippen LogP contribution in [-0.4, -0.2) is 53.1 Å². The molecule has 1 fully saturated rings. The molecule has 1 aliphatic heterocycles. The number of nitrogens with one attached hydrogen (secondary N) is 2. The van der Waals surface area contributed by atoms with Crippen LogP contribution in [0.2, 0.25) is 0 Å². The van der Waals surface area contributed by atoms with Gasteiger partial charge in [0.1, 0.15) is 12.4 Å². The maximum Gasteiger partial charge on any atom is 0.407 e. The molecule has 8 heteroatoms. The first-order chi connectivity index (χ1) is 11.0. The summed E-state index contributed by atoms with van der Waals surface area (Å²) in [5.41, 5.74) is 0. The van der Waals surface area contributed by atoms with Crippen molar-refractivity contribution in [1.29, 1.82) is 0 Å². The van der Waals surface area contributed by atoms with E-state index in [9.17, 15) is 14.0 Å². The van der Waals surface area contributed by atoms with Crippen LogP contribution in [0.1, 0.15) is 38.9 Å². The minimum absolute atomic E-state index is 0.0208. The number of amides is 2. The number of aromatic nitrogens is 2. The van der Waals surface area contributed by atoms with Gasteiger partial charge in [0.25, 0.3) is 0 Å². The molecule has 1 aromatic heterocycles. The van der Waals surface area contributed by atoms with E-state index >= 15 is 0 Å². The van der Waals surface area contributed by atoms with E-state index in [1.807, 2.05) is 0 Å². The third-order valence-electron chi connectivity index (χ3n) is 3.29. The molecular weight excluding hydrogens is 303 g/mol. The zero-order valence-corrected chi connectivity index (χ0v) is 13.9. The number of nitrogens with zero attached hydrogens (tertiary/aromatic N) is 2. The maximum absolute atomic E-state index is 12.8. The molecule has 0 aliphatic carbocycles. The van der Waals surface area contributed by atoms with Gasteiger partial charge in [-0.3, -0.25) is 4.79 Å². The van der Waals surface area contributed by atoms with Crippen molar-refractivity contribution in [2.75, 3.05) is 20.2 Å². The maximum atomic E-state index is 12.8. The Balaban J connectivity index is 0.000000816. The Hall–Kier alpha value is -2.12. The van der Waals surface area contributed by atoms with Crippen LogP contribution in [0.25, 0.3) is 0 Å². The van der Waals surface area contributed by atoms with Crippen molar-refractivity contribution in [2.24, 2.45) is 0 Å². The summed E-state index contributed by atoms with van der Waals surface area (Å²) >= 11 is 0. The van der Waals surface area contributed by atoms with Crippen molar-refractivity contribution in [3.63, 3.8) is 0 Å². The smallest absolute Gasteiger partial charge is 0.407 e. The molecule has 2 N–H and O–H groups in total. The Labute approximate surface area is 135 Å². The zero-order valence-electron chi connectivity index (χ0n) is 13.9. The van der Waals surface area contributed by atoms with Gasteiger partial charge in [0.15, 0.2) is 0 Å². The Morgan fingerprint density at radius 2 is 2.22 bits per heavy atom. The molecule has 130 valence electrons. The third kappa shape index (κ3) is 6.25. The summed E-state index contributed by atoms with van der Waals surface area (Å²) in [6.07, 6.45) is 3.94. The van der Waals surface area contributed by atoms with Crippen LogP contribution in [0.5, 0.6) is 0 Å². The van der Waals surface area contributed by atoms with Crippen molar-refractivity contribution >= 4 is 12.0 Å². The largest absolute Gasteiger partial charge is 0.453 e. The molecule has 1 aliphatic rings. The van der Waals surface area contributed by atoms with Gasteiger partial charge < -0.3 is 19.9 Å². The summed E-state index contributed by atoms with van der Waals surface area (Å²) < 4.78 is 17.3. The number of hydrogen-bond acceptors (Lipinski definition) is 4. The number of methoxy groups -OCH3 is 1. The first-order valence-corrected chi connectivity index (χ1v) is 7.82. The van der Waals surface area contributed by atoms with Crippen molar-refractivity contribution in [1.82, 2.24) is 20.2 Å². The minimum atomic E-state index is -0.637. The lowest BCUT2D eigenvalue weighted by atomic mass is 10.1. The highest BCUT2D eigenvalue weighted by molar-refractivity contribution is 5.82. The highest BCUT2D eigenvalue weighted by Gasteiger charge is 2.29. The molecule has 2 rings (SSSR count). The van der Waals surface area contributed by atoms with Crippen molar-refractivity contribution in [3.8, 4) is 0 Å². The van der Waals surface area contributed by atoms with Gasteiger partial charge in [-0.25, -0.2) is 9.78 Å². The van der Waals surface area contributed by atoms with E-state index in [-0.39, 0.29) is 18.5 Å². The number of hydrogen-bond donors (Lipinski definition) is 2. The quantitative estimate of drug-likeness (QED) is 0.883. The minimum Gasteiger partial charge on any atom is -0.453 e. The number of alkyl carbamates (subject to hydrolysis) is 1. The lowest BCUT2D eigenvalue weighted by Crippen LogP contribution is -2.43. The van der Waals surface area contributed by atoms with Crippen LogP contribution < -0.4 is 5.32 Å². The van der Waals surface area contributed by atoms with Crippen LogP contribution >= 0.6 is 0 Å². The molecule has 2 heterocycles. The van der Waals surface area contributed by atoms with Gasteiger partial charge in [-0.15, -0.1) is 0 Å². The lowest BCUT2D eigenvalue weighted by Gasteiger charge is -2.24. The first kappa shape index (κ1) is 18.9. The van der Waals surface area contributed by atoms with Gasteiger partial charge in [-0.1, -0.05) is 20.3 Å². The fourth-order valence-electron chi connectivity index (χ4n) is 2.36. The fourth-order valence-corrected chi connectivity index (χ4v) is 2.36. The van der Waals surface area contributed by atoms with Crippen molar-refractivity contribution < 1.29 is 18.7 Å². The predicted molar refractivity (Wildman–Crippen MR) is 83.4 cm³/mol. The standard InChI is InChI=1S/C12H17FN4O3.C3H8/c1-20-12(19)15-7-11(18)17-4-2-3-8(17)5-10-14-6-9(13)16-10;1-3-2/h6,8H,2-5,7H2,1H3,(H,14,16)(H,15,19);3H2,1-2H3. The number of H-pyrrole nitrogens is 1. The predicted octanol–water partition coefficient (Wildman–Crippen LogP) is 1.85. The van der Waals surface area contributed by atoms with E-state index in [1.54, 1.807) is 4.90 Å². The molecule has 1 unspecified atom stereocenters. The fraction of sp³-hybridized carbons (Fsp3) is 0.667. The summed E-state index contributed by atoms with van der Waals surface area (Å²) in [6.45, 7) is 4.78. The SMILES string of the molecule is CCC.COC(=O)NCC(=O)N1CCCC1Cc1ncc(F)[nH]1. The summed E-state index contributed by atoms with van der Waals surface area (Å²) in [4.78, 5) is 31.1. The van der Waals surface area contributed by atoms with Crippen LogP contribution in [0.15, 0.2) is 6.20 Å². The summed E-state index contributed by atoms with van der Waals surface area (Å²) in [7, 11) is 1.24. The number of ether oxygens (including phenoxy) is 1. The summed E-state index contributed by atoms with van der Waals surface area (Å²) in [6, 6.07) is -0.0208. The van der Waals surface area contributed by atoms with Gasteiger partial charge in [-0.2, -0.15) is 4.39 Å². The Bertz CT molecular complexity index is 507. The monoisotopic (exact) mass is 328 g/mol. The second-order valence-electron chi connectivity index (χ2n) is 5.32. The van der Waals surface area contributed by atoms with E-state index in [0.717, 1.165) is 19.0 Å². The molecule has 0 aromatic carbocycles. The van der Waals surface area contributed by atoms with Gasteiger partial charge in [0, 0.05) is 19.0 Å². The van der Waals surface area contributed by atoms with Crippen molar-refractivity contribution in [3.05, 3.63) is 18.0 Å². The average molecular weight is 328 g/mol. The van der Waals surface area contributed by atoms with E-state index in [4.69, 9.17) is 0 Å². The van der Waals surface area contributed by atoms with Crippen LogP contribution in [0.3, 0.4) is 0 Å². The van der Waals surface area contributed by atoms with Gasteiger partial charge in [-0.05, 0) is 12.8 Å². The molecule has 0 saturated carbocycles. The molecule has 23 heavy (non-hydrogen) atoms. The van der Waals surface area contributed by atoms with E-state index in [2.05, 4.69) is 33.9 Å². The molecule has 0 radical (unpaired) electrons. The second-order valence-corrected chi connectivity index (χ2v) is 5.32. The zero-order chi connectivity index (χ0) is 17.2. The Morgan fingerprint density at radius 1 is 1.52 bits per heavy atom. The van der Waals surface area contributed by atoms with Crippen LogP contribution in [0, 0.1) is 5.95 Å². The molecule has 1 atom stereocenters. The van der Waals surface area contributed by atoms with Gasteiger partial charge in [0.2, 0.25) is 11.9 Å². The molecule has 0 bridgehead atoms. The number of carbonyl (C=O) groups is 2.